The third kappa shape index (κ3) is 1.60. The highest BCUT2D eigenvalue weighted by atomic mass is 19.1. The molecule has 0 spiro atoms. The summed E-state index contributed by atoms with van der Waals surface area (Å²) < 4.78 is 12.7. The van der Waals surface area contributed by atoms with Gasteiger partial charge in [-0.2, -0.15) is 0 Å². The summed E-state index contributed by atoms with van der Waals surface area (Å²) in [5.41, 5.74) is 5.21. The fourth-order valence-electron chi connectivity index (χ4n) is 0.849. The van der Waals surface area contributed by atoms with E-state index in [2.05, 4.69) is 0 Å². The van der Waals surface area contributed by atoms with Crippen LogP contribution in [0.2, 0.25) is 0 Å². The van der Waals surface area contributed by atoms with Crippen molar-refractivity contribution in [2.75, 3.05) is 0 Å². The summed E-state index contributed by atoms with van der Waals surface area (Å²) in [6.07, 6.45) is 0. The maximum absolute atomic E-state index is 12.7. The smallest absolute Gasteiger partial charge is 0.248 e. The third-order valence-electron chi connectivity index (χ3n) is 1.50. The highest BCUT2D eigenvalue weighted by molar-refractivity contribution is 5.92. The van der Waals surface area contributed by atoms with Gasteiger partial charge in [-0.15, -0.1) is 0 Å². The second-order valence-corrected chi connectivity index (χ2v) is 2.33. The van der Waals surface area contributed by atoms with E-state index in [1.54, 1.807) is 0 Å². The molecular formula is C8H8FNO2. The van der Waals surface area contributed by atoms with Crippen LogP contribution < -0.4 is 5.73 Å². The van der Waals surface area contributed by atoms with Gasteiger partial charge in [0.25, 0.3) is 0 Å². The molecule has 0 heterocycles. The van der Waals surface area contributed by atoms with Crippen molar-refractivity contribution in [2.24, 2.45) is 5.73 Å². The van der Waals surface area contributed by atoms with E-state index in [1.807, 2.05) is 0 Å². The molecule has 0 radical (unpaired) electrons. The maximum atomic E-state index is 12.7. The molecule has 0 aromatic heterocycles. The average molecular weight is 169 g/mol. The highest BCUT2D eigenvalue weighted by Gasteiger charge is 2.05. The minimum absolute atomic E-state index is 0.0753. The lowest BCUT2D eigenvalue weighted by atomic mass is 10.1. The van der Waals surface area contributed by atoms with Crippen molar-refractivity contribution in [3.63, 3.8) is 0 Å². The van der Waals surface area contributed by atoms with Crippen LogP contribution in [0.5, 0.6) is 0 Å². The van der Waals surface area contributed by atoms with Gasteiger partial charge in [-0.25, -0.2) is 4.39 Å². The van der Waals surface area contributed by atoms with Crippen LogP contribution in [0.3, 0.4) is 0 Å². The summed E-state index contributed by atoms with van der Waals surface area (Å²) in [6, 6.07) is 3.61. The Morgan fingerprint density at radius 1 is 1.58 bits per heavy atom. The molecule has 1 aromatic rings. The van der Waals surface area contributed by atoms with Gasteiger partial charge in [0.15, 0.2) is 0 Å². The lowest BCUT2D eigenvalue weighted by Gasteiger charge is -2.00. The average Bonchev–Trinajstić information content (AvgIpc) is 2.05. The number of nitrogens with two attached hydrogens (primary N) is 1. The summed E-state index contributed by atoms with van der Waals surface area (Å²) in [5.74, 6) is -1.17. The van der Waals surface area contributed by atoms with Crippen molar-refractivity contribution in [3.05, 3.63) is 35.1 Å². The number of hydrogen-bond donors (Lipinski definition) is 2. The van der Waals surface area contributed by atoms with Crippen molar-refractivity contribution in [1.82, 2.24) is 0 Å². The summed E-state index contributed by atoms with van der Waals surface area (Å²) in [4.78, 5) is 10.6. The molecule has 0 saturated heterocycles. The molecule has 1 rings (SSSR count). The van der Waals surface area contributed by atoms with Gasteiger partial charge >= 0.3 is 0 Å². The molecule has 12 heavy (non-hydrogen) atoms. The van der Waals surface area contributed by atoms with Crippen LogP contribution in [0, 0.1) is 5.82 Å². The Morgan fingerprint density at radius 3 is 2.75 bits per heavy atom. The second kappa shape index (κ2) is 3.32. The molecule has 0 aliphatic rings. The van der Waals surface area contributed by atoms with Crippen LogP contribution in [-0.2, 0) is 6.61 Å². The van der Waals surface area contributed by atoms with E-state index in [0.29, 0.717) is 0 Å². The van der Waals surface area contributed by atoms with E-state index in [0.717, 1.165) is 6.07 Å². The number of benzene rings is 1. The number of aliphatic hydroxyl groups is 1. The van der Waals surface area contributed by atoms with Crippen molar-refractivity contribution < 1.29 is 14.3 Å². The molecule has 3 nitrogen and oxygen atoms in total. The Morgan fingerprint density at radius 2 is 2.25 bits per heavy atom. The monoisotopic (exact) mass is 169 g/mol. The summed E-state index contributed by atoms with van der Waals surface area (Å²) >= 11 is 0. The second-order valence-electron chi connectivity index (χ2n) is 2.33. The number of rotatable bonds is 2. The number of amides is 1. The lowest BCUT2D eigenvalue weighted by molar-refractivity contribution is 0.1000. The first-order valence-corrected chi connectivity index (χ1v) is 3.34. The molecule has 0 fully saturated rings. The summed E-state index contributed by atoms with van der Waals surface area (Å²) in [5, 5.41) is 8.63. The van der Waals surface area contributed by atoms with Crippen LogP contribution in [-0.4, -0.2) is 11.0 Å². The van der Waals surface area contributed by atoms with Crippen LogP contribution in [0.25, 0.3) is 0 Å². The third-order valence-corrected chi connectivity index (χ3v) is 1.50. The quantitative estimate of drug-likeness (QED) is 0.673. The Kier molecular flexibility index (Phi) is 2.40. The molecule has 0 aliphatic heterocycles. The highest BCUT2D eigenvalue weighted by Crippen LogP contribution is 2.09. The topological polar surface area (TPSA) is 63.3 Å². The minimum Gasteiger partial charge on any atom is -0.392 e. The van der Waals surface area contributed by atoms with Gasteiger partial charge in [0.05, 0.1) is 6.61 Å². The number of hydrogen-bond acceptors (Lipinski definition) is 2. The fraction of sp³-hybridized carbons (Fsp3) is 0.125. The summed E-state index contributed by atoms with van der Waals surface area (Å²) in [6.45, 7) is -0.438. The first-order valence-electron chi connectivity index (χ1n) is 3.34. The number of carbonyl (C=O) groups is 1. The lowest BCUT2D eigenvalue weighted by Crippen LogP contribution is -2.11. The predicted octanol–water partition coefficient (Wildman–Crippen LogP) is 0.417. The van der Waals surface area contributed by atoms with Gasteiger partial charge in [0, 0.05) is 11.1 Å². The molecule has 1 amide bonds. The molecule has 64 valence electrons. The van der Waals surface area contributed by atoms with Gasteiger partial charge in [0.1, 0.15) is 5.82 Å². The Hall–Kier alpha value is -1.42. The maximum Gasteiger partial charge on any atom is 0.248 e. The first-order chi connectivity index (χ1) is 5.65. The molecule has 0 atom stereocenters. The van der Waals surface area contributed by atoms with E-state index < -0.39 is 18.3 Å². The van der Waals surface area contributed by atoms with Crippen molar-refractivity contribution >= 4 is 5.91 Å². The van der Waals surface area contributed by atoms with Gasteiger partial charge in [0.2, 0.25) is 5.91 Å². The largest absolute Gasteiger partial charge is 0.392 e. The van der Waals surface area contributed by atoms with Gasteiger partial charge in [-0.1, -0.05) is 0 Å². The SMILES string of the molecule is NC(=O)c1ccc(F)c(CO)c1. The molecule has 0 saturated carbocycles. The molecule has 0 bridgehead atoms. The normalized spacial score (nSPS) is 9.83. The molecule has 3 N–H and O–H groups in total. The Bertz CT molecular complexity index is 312. The Balaban J connectivity index is 3.13. The van der Waals surface area contributed by atoms with Crippen molar-refractivity contribution in [1.29, 1.82) is 0 Å². The molecule has 4 heteroatoms. The summed E-state index contributed by atoms with van der Waals surface area (Å²) in [7, 11) is 0. The fourth-order valence-corrected chi connectivity index (χ4v) is 0.849. The molecule has 1 aromatic carbocycles. The zero-order valence-electron chi connectivity index (χ0n) is 6.25. The van der Waals surface area contributed by atoms with Crippen LogP contribution in [0.1, 0.15) is 15.9 Å². The van der Waals surface area contributed by atoms with Crippen LogP contribution >= 0.6 is 0 Å². The molecular weight excluding hydrogens is 161 g/mol. The van der Waals surface area contributed by atoms with Gasteiger partial charge in [-0.05, 0) is 18.2 Å². The van der Waals surface area contributed by atoms with Crippen molar-refractivity contribution in [2.45, 2.75) is 6.61 Å². The molecule has 0 aliphatic carbocycles. The number of halogens is 1. The number of aliphatic hydroxyl groups excluding tert-OH is 1. The van der Waals surface area contributed by atoms with E-state index in [4.69, 9.17) is 10.8 Å². The van der Waals surface area contributed by atoms with E-state index >= 15 is 0 Å². The molecule has 0 unspecified atom stereocenters. The van der Waals surface area contributed by atoms with E-state index in [9.17, 15) is 9.18 Å². The minimum atomic E-state index is -0.635. The van der Waals surface area contributed by atoms with E-state index in [1.165, 1.54) is 12.1 Å². The van der Waals surface area contributed by atoms with Gasteiger partial charge < -0.3 is 10.8 Å². The zero-order chi connectivity index (χ0) is 9.14. The van der Waals surface area contributed by atoms with Crippen LogP contribution in [0.15, 0.2) is 18.2 Å². The number of primary amides is 1. The zero-order valence-corrected chi connectivity index (χ0v) is 6.25. The first kappa shape index (κ1) is 8.67. The number of carbonyl (C=O) groups excluding carboxylic acids is 1. The van der Waals surface area contributed by atoms with E-state index in [-0.39, 0.29) is 11.1 Å². The van der Waals surface area contributed by atoms with Crippen LogP contribution in [0.4, 0.5) is 4.39 Å². The van der Waals surface area contributed by atoms with Crippen molar-refractivity contribution in [3.8, 4) is 0 Å². The standard InChI is InChI=1S/C8H8FNO2/c9-7-2-1-5(8(10)12)3-6(7)4-11/h1-3,11H,4H2,(H2,10,12). The Labute approximate surface area is 68.6 Å². The van der Waals surface area contributed by atoms with Gasteiger partial charge in [-0.3, -0.25) is 4.79 Å². The predicted molar refractivity (Wildman–Crippen MR) is 40.8 cm³/mol.